The number of nitrogens with one attached hydrogen (secondary N) is 2. The van der Waals surface area contributed by atoms with Crippen LogP contribution < -0.4 is 20.3 Å². The molecule has 3 aromatic rings. The minimum atomic E-state index is -0.446. The van der Waals surface area contributed by atoms with E-state index < -0.39 is 11.7 Å². The van der Waals surface area contributed by atoms with Gasteiger partial charge in [-0.15, -0.1) is 0 Å². The first-order valence-electron chi connectivity index (χ1n) is 11.1. The third-order valence-corrected chi connectivity index (χ3v) is 6.60. The molecule has 2 N–H and O–H groups in total. The van der Waals surface area contributed by atoms with Crippen molar-refractivity contribution in [2.75, 3.05) is 37.0 Å². The Labute approximate surface area is 186 Å². The van der Waals surface area contributed by atoms with Crippen molar-refractivity contribution >= 4 is 22.9 Å². The number of anilines is 2. The summed E-state index contributed by atoms with van der Waals surface area (Å²) in [6.07, 6.45) is 6.96. The zero-order valence-electron chi connectivity index (χ0n) is 18.4. The molecule has 8 heteroatoms. The van der Waals surface area contributed by atoms with Gasteiger partial charge < -0.3 is 24.7 Å². The number of aryl methyl sites for hydroxylation is 1. The van der Waals surface area contributed by atoms with Crippen molar-refractivity contribution in [3.05, 3.63) is 53.7 Å². The number of benzene rings is 1. The Morgan fingerprint density at radius 2 is 2.16 bits per heavy atom. The van der Waals surface area contributed by atoms with E-state index in [0.29, 0.717) is 28.9 Å². The first-order valence-corrected chi connectivity index (χ1v) is 11.1. The Bertz CT molecular complexity index is 1160. The highest BCUT2D eigenvalue weighted by Gasteiger charge is 2.31. The summed E-state index contributed by atoms with van der Waals surface area (Å²) in [5, 5.41) is 6.30. The van der Waals surface area contributed by atoms with Crippen LogP contribution >= 0.6 is 0 Å². The molecule has 0 saturated carbocycles. The molecule has 7 nitrogen and oxygen atoms in total. The van der Waals surface area contributed by atoms with E-state index in [1.807, 2.05) is 19.2 Å². The van der Waals surface area contributed by atoms with Gasteiger partial charge in [-0.2, -0.15) is 0 Å². The number of ether oxygens (including phenoxy) is 1. The summed E-state index contributed by atoms with van der Waals surface area (Å²) in [6, 6.07) is 7.32. The molecule has 2 aliphatic heterocycles. The van der Waals surface area contributed by atoms with E-state index in [1.54, 1.807) is 22.7 Å². The fourth-order valence-electron chi connectivity index (χ4n) is 4.95. The zero-order chi connectivity index (χ0) is 22.2. The fourth-order valence-corrected chi connectivity index (χ4v) is 4.95. The summed E-state index contributed by atoms with van der Waals surface area (Å²) in [6.45, 7) is 4.82. The van der Waals surface area contributed by atoms with Crippen molar-refractivity contribution in [2.24, 2.45) is 5.92 Å². The van der Waals surface area contributed by atoms with Crippen LogP contribution in [-0.2, 0) is 0 Å². The second kappa shape index (κ2) is 8.43. The highest BCUT2D eigenvalue weighted by atomic mass is 19.1. The summed E-state index contributed by atoms with van der Waals surface area (Å²) in [7, 11) is 1.50. The number of methoxy groups -OCH3 is 1. The van der Waals surface area contributed by atoms with Gasteiger partial charge in [0.15, 0.2) is 0 Å². The van der Waals surface area contributed by atoms with Crippen molar-refractivity contribution in [1.29, 1.82) is 0 Å². The van der Waals surface area contributed by atoms with Crippen molar-refractivity contribution in [3.8, 4) is 5.75 Å². The van der Waals surface area contributed by atoms with E-state index in [-0.39, 0.29) is 5.69 Å². The maximum atomic E-state index is 15.0. The SMILES string of the molecule is COc1cc2nc(C)cn2cc1C(=O)Nc1ccc(N2CCC3NCCCC3C2)cc1F. The minimum absolute atomic E-state index is 0.150. The normalized spacial score (nSPS) is 20.8. The second-order valence-electron chi connectivity index (χ2n) is 8.72. The predicted octanol–water partition coefficient (Wildman–Crippen LogP) is 3.62. The number of piperidine rings is 2. The highest BCUT2D eigenvalue weighted by Crippen LogP contribution is 2.30. The number of nitrogens with zero attached hydrogens (tertiary/aromatic N) is 3. The Morgan fingerprint density at radius 3 is 2.97 bits per heavy atom. The molecule has 0 aliphatic carbocycles. The summed E-state index contributed by atoms with van der Waals surface area (Å²) < 4.78 is 22.1. The number of pyridine rings is 1. The van der Waals surface area contributed by atoms with Gasteiger partial charge in [0, 0.05) is 43.3 Å². The molecule has 5 rings (SSSR count). The summed E-state index contributed by atoms with van der Waals surface area (Å²) in [5.74, 6) is 0.116. The number of carbonyl (C=O) groups excluding carboxylic acids is 1. The monoisotopic (exact) mass is 437 g/mol. The van der Waals surface area contributed by atoms with Gasteiger partial charge in [-0.1, -0.05) is 0 Å². The molecule has 2 saturated heterocycles. The quantitative estimate of drug-likeness (QED) is 0.652. The lowest BCUT2D eigenvalue weighted by atomic mass is 9.85. The third kappa shape index (κ3) is 3.90. The standard InChI is InChI=1S/C24H28FN5O2/c1-15-12-30-14-18(22(32-2)11-23(30)27-15)24(31)28-21-6-5-17(10-19(21)25)29-9-7-20-16(13-29)4-3-8-26-20/h5-6,10-12,14,16,20,26H,3-4,7-9,13H2,1-2H3,(H,28,31). The lowest BCUT2D eigenvalue weighted by Gasteiger charge is -2.42. The van der Waals surface area contributed by atoms with Gasteiger partial charge in [0.25, 0.3) is 5.91 Å². The van der Waals surface area contributed by atoms with Gasteiger partial charge in [-0.3, -0.25) is 4.79 Å². The van der Waals surface area contributed by atoms with Crippen LogP contribution in [0, 0.1) is 18.7 Å². The fraction of sp³-hybridized carbons (Fsp3) is 0.417. The molecular formula is C24H28FN5O2. The molecule has 2 unspecified atom stereocenters. The maximum Gasteiger partial charge on any atom is 0.261 e. The molecule has 2 atom stereocenters. The second-order valence-corrected chi connectivity index (χ2v) is 8.72. The topological polar surface area (TPSA) is 70.9 Å². The lowest BCUT2D eigenvalue weighted by molar-refractivity contribution is 0.102. The number of hydrogen-bond acceptors (Lipinski definition) is 5. The van der Waals surface area contributed by atoms with Crippen LogP contribution in [0.1, 0.15) is 35.3 Å². The van der Waals surface area contributed by atoms with Crippen LogP contribution in [0.4, 0.5) is 15.8 Å². The Kier molecular flexibility index (Phi) is 5.46. The highest BCUT2D eigenvalue weighted by molar-refractivity contribution is 6.06. The molecular weight excluding hydrogens is 409 g/mol. The minimum Gasteiger partial charge on any atom is -0.496 e. The summed E-state index contributed by atoms with van der Waals surface area (Å²) in [4.78, 5) is 19.6. The van der Waals surface area contributed by atoms with Gasteiger partial charge in [0.2, 0.25) is 0 Å². The number of fused-ring (bicyclic) bond motifs is 2. The van der Waals surface area contributed by atoms with Crippen LogP contribution in [-0.4, -0.2) is 48.1 Å². The Balaban J connectivity index is 1.34. The average Bonchev–Trinajstić information content (AvgIpc) is 3.18. The largest absolute Gasteiger partial charge is 0.496 e. The summed E-state index contributed by atoms with van der Waals surface area (Å²) >= 11 is 0. The molecule has 1 amide bonds. The number of rotatable bonds is 4. The zero-order valence-corrected chi connectivity index (χ0v) is 18.4. The van der Waals surface area contributed by atoms with Crippen LogP contribution in [0.5, 0.6) is 5.75 Å². The predicted molar refractivity (Wildman–Crippen MR) is 122 cm³/mol. The number of hydrogen-bond donors (Lipinski definition) is 2. The van der Waals surface area contributed by atoms with E-state index in [2.05, 4.69) is 20.5 Å². The van der Waals surface area contributed by atoms with E-state index in [0.717, 1.165) is 37.4 Å². The van der Waals surface area contributed by atoms with Crippen LogP contribution in [0.15, 0.2) is 36.7 Å². The van der Waals surface area contributed by atoms with Gasteiger partial charge >= 0.3 is 0 Å². The van der Waals surface area contributed by atoms with Gasteiger partial charge in [-0.25, -0.2) is 9.37 Å². The van der Waals surface area contributed by atoms with E-state index in [9.17, 15) is 9.18 Å². The third-order valence-electron chi connectivity index (χ3n) is 6.60. The lowest BCUT2D eigenvalue weighted by Crippen LogP contribution is -2.52. The molecule has 32 heavy (non-hydrogen) atoms. The van der Waals surface area contributed by atoms with Gasteiger partial charge in [-0.05, 0) is 56.8 Å². The molecule has 168 valence electrons. The average molecular weight is 438 g/mol. The van der Waals surface area contributed by atoms with E-state index in [4.69, 9.17) is 4.74 Å². The van der Waals surface area contributed by atoms with Crippen molar-refractivity contribution in [2.45, 2.75) is 32.2 Å². The first-order chi connectivity index (χ1) is 15.5. The number of halogens is 1. The van der Waals surface area contributed by atoms with Crippen molar-refractivity contribution in [3.63, 3.8) is 0 Å². The van der Waals surface area contributed by atoms with Crippen LogP contribution in [0.2, 0.25) is 0 Å². The number of aromatic nitrogens is 2. The number of carbonyl (C=O) groups is 1. The van der Waals surface area contributed by atoms with Crippen LogP contribution in [0.3, 0.4) is 0 Å². The Hall–Kier alpha value is -3.13. The molecule has 2 fully saturated rings. The molecule has 2 aromatic heterocycles. The molecule has 0 radical (unpaired) electrons. The summed E-state index contributed by atoms with van der Waals surface area (Å²) in [5.41, 5.74) is 2.84. The molecule has 2 aliphatic rings. The molecule has 0 spiro atoms. The van der Waals surface area contributed by atoms with Gasteiger partial charge in [0.1, 0.15) is 17.2 Å². The van der Waals surface area contributed by atoms with Crippen LogP contribution in [0.25, 0.3) is 5.65 Å². The first kappa shape index (κ1) is 20.8. The Morgan fingerprint density at radius 1 is 1.28 bits per heavy atom. The number of imidazole rings is 1. The smallest absolute Gasteiger partial charge is 0.261 e. The maximum absolute atomic E-state index is 15.0. The van der Waals surface area contributed by atoms with Crippen molar-refractivity contribution in [1.82, 2.24) is 14.7 Å². The molecule has 0 bridgehead atoms. The molecule has 4 heterocycles. The molecule has 1 aromatic carbocycles. The van der Waals surface area contributed by atoms with E-state index >= 15 is 0 Å². The van der Waals surface area contributed by atoms with E-state index in [1.165, 1.54) is 26.0 Å². The van der Waals surface area contributed by atoms with Crippen molar-refractivity contribution < 1.29 is 13.9 Å². The van der Waals surface area contributed by atoms with Gasteiger partial charge in [0.05, 0.1) is 24.1 Å². The number of amides is 1.